The maximum absolute atomic E-state index is 11.7. The first-order valence-electron chi connectivity index (χ1n) is 6.98. The summed E-state index contributed by atoms with van der Waals surface area (Å²) < 4.78 is 0. The summed E-state index contributed by atoms with van der Waals surface area (Å²) in [6.45, 7) is 2.90. The molecule has 1 aromatic heterocycles. The number of carbonyl (C=O) groups excluding carboxylic acids is 2. The molecule has 1 aromatic rings. The smallest absolute Gasteiger partial charge is 0.261 e. The number of rotatable bonds is 9. The molecule has 4 N–H and O–H groups in total. The van der Waals surface area contributed by atoms with Gasteiger partial charge in [-0.15, -0.1) is 11.3 Å². The van der Waals surface area contributed by atoms with E-state index in [4.69, 9.17) is 5.73 Å². The van der Waals surface area contributed by atoms with Crippen LogP contribution in [-0.2, 0) is 4.79 Å². The van der Waals surface area contributed by atoms with Gasteiger partial charge < -0.3 is 16.4 Å². The molecule has 0 bridgehead atoms. The molecular weight excluding hydrogens is 274 g/mol. The summed E-state index contributed by atoms with van der Waals surface area (Å²) in [6, 6.07) is 3.62. The van der Waals surface area contributed by atoms with Crippen LogP contribution in [0.15, 0.2) is 17.5 Å². The van der Waals surface area contributed by atoms with E-state index in [1.54, 1.807) is 6.07 Å². The molecule has 112 valence electrons. The maximum atomic E-state index is 11.7. The maximum Gasteiger partial charge on any atom is 0.261 e. The minimum absolute atomic E-state index is 0.0375. The first-order chi connectivity index (χ1) is 9.67. The predicted octanol–water partition coefficient (Wildman–Crippen LogP) is 1.50. The lowest BCUT2D eigenvalue weighted by molar-refractivity contribution is -0.121. The van der Waals surface area contributed by atoms with Gasteiger partial charge in [0.2, 0.25) is 5.91 Å². The Balaban J connectivity index is 2.20. The first kappa shape index (κ1) is 16.7. The number of unbranched alkanes of at least 4 members (excludes halogenated alkanes) is 1. The number of carbonyl (C=O) groups is 2. The number of nitrogens with one attached hydrogen (secondary N) is 2. The van der Waals surface area contributed by atoms with Crippen molar-refractivity contribution in [3.05, 3.63) is 22.4 Å². The highest BCUT2D eigenvalue weighted by Gasteiger charge is 2.11. The summed E-state index contributed by atoms with van der Waals surface area (Å²) in [7, 11) is 0. The van der Waals surface area contributed by atoms with Crippen LogP contribution in [0.4, 0.5) is 0 Å². The zero-order chi connectivity index (χ0) is 14.8. The molecular formula is C14H23N3O2S. The van der Waals surface area contributed by atoms with Gasteiger partial charge >= 0.3 is 0 Å². The van der Waals surface area contributed by atoms with Crippen molar-refractivity contribution in [1.29, 1.82) is 0 Å². The molecule has 0 aromatic carbocycles. The molecule has 0 spiro atoms. The van der Waals surface area contributed by atoms with Crippen LogP contribution in [0.5, 0.6) is 0 Å². The minimum atomic E-state index is -0.130. The molecule has 1 rings (SSSR count). The predicted molar refractivity (Wildman–Crippen MR) is 81.8 cm³/mol. The molecule has 0 aliphatic rings. The zero-order valence-corrected chi connectivity index (χ0v) is 12.7. The third-order valence-corrected chi connectivity index (χ3v) is 3.81. The van der Waals surface area contributed by atoms with Crippen molar-refractivity contribution in [2.75, 3.05) is 13.1 Å². The second-order valence-electron chi connectivity index (χ2n) is 4.63. The second kappa shape index (κ2) is 9.50. The van der Waals surface area contributed by atoms with E-state index in [-0.39, 0.29) is 24.3 Å². The minimum Gasteiger partial charge on any atom is -0.352 e. The molecule has 1 unspecified atom stereocenters. The summed E-state index contributed by atoms with van der Waals surface area (Å²) in [4.78, 5) is 24.0. The van der Waals surface area contributed by atoms with Gasteiger partial charge in [0.25, 0.3) is 5.91 Å². The average Bonchev–Trinajstić information content (AvgIpc) is 2.97. The Hall–Kier alpha value is -1.40. The van der Waals surface area contributed by atoms with Gasteiger partial charge in [-0.1, -0.05) is 25.8 Å². The van der Waals surface area contributed by atoms with Crippen LogP contribution in [0.3, 0.4) is 0 Å². The van der Waals surface area contributed by atoms with Crippen LogP contribution >= 0.6 is 11.3 Å². The van der Waals surface area contributed by atoms with Crippen molar-refractivity contribution in [1.82, 2.24) is 10.6 Å². The van der Waals surface area contributed by atoms with E-state index in [1.807, 2.05) is 11.4 Å². The third-order valence-electron chi connectivity index (χ3n) is 2.94. The SMILES string of the molecule is CCCCC(CN)NC(=O)CCNC(=O)c1cccs1. The van der Waals surface area contributed by atoms with E-state index in [0.717, 1.165) is 19.3 Å². The molecule has 2 amide bonds. The molecule has 1 heterocycles. The molecule has 0 aliphatic heterocycles. The van der Waals surface area contributed by atoms with Gasteiger partial charge in [-0.25, -0.2) is 0 Å². The van der Waals surface area contributed by atoms with Gasteiger partial charge in [0.15, 0.2) is 0 Å². The van der Waals surface area contributed by atoms with Gasteiger partial charge in [0.05, 0.1) is 4.88 Å². The highest BCUT2D eigenvalue weighted by molar-refractivity contribution is 7.12. The van der Waals surface area contributed by atoms with Crippen LogP contribution in [0.1, 0.15) is 42.3 Å². The van der Waals surface area contributed by atoms with Gasteiger partial charge in [0.1, 0.15) is 0 Å². The lowest BCUT2D eigenvalue weighted by Crippen LogP contribution is -2.41. The van der Waals surface area contributed by atoms with Gasteiger partial charge in [-0.05, 0) is 17.9 Å². The largest absolute Gasteiger partial charge is 0.352 e. The molecule has 0 fully saturated rings. The number of hydrogen-bond donors (Lipinski definition) is 3. The Morgan fingerprint density at radius 3 is 2.85 bits per heavy atom. The normalized spacial score (nSPS) is 11.9. The van der Waals surface area contributed by atoms with E-state index in [9.17, 15) is 9.59 Å². The lowest BCUT2D eigenvalue weighted by Gasteiger charge is -2.16. The van der Waals surface area contributed by atoms with E-state index < -0.39 is 0 Å². The van der Waals surface area contributed by atoms with Crippen LogP contribution < -0.4 is 16.4 Å². The van der Waals surface area contributed by atoms with Gasteiger partial charge in [-0.2, -0.15) is 0 Å². The molecule has 0 saturated heterocycles. The fraction of sp³-hybridized carbons (Fsp3) is 0.571. The Bertz CT molecular complexity index is 407. The molecule has 1 atom stereocenters. The Kier molecular flexibility index (Phi) is 7.91. The summed E-state index contributed by atoms with van der Waals surface area (Å²) in [5, 5.41) is 7.48. The molecule has 6 heteroatoms. The van der Waals surface area contributed by atoms with Crippen LogP contribution in [-0.4, -0.2) is 30.9 Å². The summed E-state index contributed by atoms with van der Waals surface area (Å²) >= 11 is 1.38. The van der Waals surface area contributed by atoms with Crippen molar-refractivity contribution in [3.63, 3.8) is 0 Å². The molecule has 0 saturated carbocycles. The van der Waals surface area contributed by atoms with Crippen molar-refractivity contribution in [3.8, 4) is 0 Å². The Morgan fingerprint density at radius 2 is 2.25 bits per heavy atom. The third kappa shape index (κ3) is 6.16. The van der Waals surface area contributed by atoms with E-state index in [2.05, 4.69) is 17.6 Å². The van der Waals surface area contributed by atoms with Crippen LogP contribution in [0, 0.1) is 0 Å². The number of thiophene rings is 1. The van der Waals surface area contributed by atoms with Gasteiger partial charge in [0, 0.05) is 25.6 Å². The summed E-state index contributed by atoms with van der Waals surface area (Å²) in [5.41, 5.74) is 5.62. The second-order valence-corrected chi connectivity index (χ2v) is 5.57. The van der Waals surface area contributed by atoms with Crippen molar-refractivity contribution < 1.29 is 9.59 Å². The van der Waals surface area contributed by atoms with Crippen LogP contribution in [0.2, 0.25) is 0 Å². The number of hydrogen-bond acceptors (Lipinski definition) is 4. The highest BCUT2D eigenvalue weighted by Crippen LogP contribution is 2.07. The van der Waals surface area contributed by atoms with Gasteiger partial charge in [-0.3, -0.25) is 9.59 Å². The molecule has 5 nitrogen and oxygen atoms in total. The Labute approximate surface area is 123 Å². The van der Waals surface area contributed by atoms with Crippen LogP contribution in [0.25, 0.3) is 0 Å². The topological polar surface area (TPSA) is 84.2 Å². The van der Waals surface area contributed by atoms with Crippen molar-refractivity contribution in [2.45, 2.75) is 38.6 Å². The first-order valence-corrected chi connectivity index (χ1v) is 7.86. The average molecular weight is 297 g/mol. The Morgan fingerprint density at radius 1 is 1.45 bits per heavy atom. The standard InChI is InChI=1S/C14H23N3O2S/c1-2-3-5-11(10-15)17-13(18)7-8-16-14(19)12-6-4-9-20-12/h4,6,9,11H,2-3,5,7-8,10,15H2,1H3,(H,16,19)(H,17,18). The van der Waals surface area contributed by atoms with E-state index in [0.29, 0.717) is 18.0 Å². The van der Waals surface area contributed by atoms with E-state index in [1.165, 1.54) is 11.3 Å². The number of nitrogens with two attached hydrogens (primary N) is 1. The lowest BCUT2D eigenvalue weighted by atomic mass is 10.1. The molecule has 0 radical (unpaired) electrons. The quantitative estimate of drug-likeness (QED) is 0.646. The fourth-order valence-corrected chi connectivity index (χ4v) is 2.42. The van der Waals surface area contributed by atoms with E-state index >= 15 is 0 Å². The molecule has 20 heavy (non-hydrogen) atoms. The summed E-state index contributed by atoms with van der Waals surface area (Å²) in [6.07, 6.45) is 3.32. The highest BCUT2D eigenvalue weighted by atomic mass is 32.1. The van der Waals surface area contributed by atoms with Crippen molar-refractivity contribution >= 4 is 23.2 Å². The zero-order valence-electron chi connectivity index (χ0n) is 11.9. The fourth-order valence-electron chi connectivity index (χ4n) is 1.78. The van der Waals surface area contributed by atoms with Crippen molar-refractivity contribution in [2.24, 2.45) is 5.73 Å². The molecule has 0 aliphatic carbocycles. The number of amides is 2. The summed E-state index contributed by atoms with van der Waals surface area (Å²) in [5.74, 6) is -0.197. The monoisotopic (exact) mass is 297 g/mol.